The van der Waals surface area contributed by atoms with E-state index < -0.39 is 5.92 Å². The van der Waals surface area contributed by atoms with Crippen LogP contribution in [0.3, 0.4) is 0 Å². The van der Waals surface area contributed by atoms with E-state index in [0.29, 0.717) is 13.1 Å². The van der Waals surface area contributed by atoms with Gasteiger partial charge in [-0.3, -0.25) is 4.90 Å². The highest BCUT2D eigenvalue weighted by Crippen LogP contribution is 2.19. The molecular weight excluding hydrogens is 238 g/mol. The molecule has 0 aliphatic carbocycles. The van der Waals surface area contributed by atoms with Gasteiger partial charge in [0, 0.05) is 37.8 Å². The number of likely N-dealkylation sites (tertiary alicyclic amines) is 1. The van der Waals surface area contributed by atoms with Gasteiger partial charge in [-0.05, 0) is 13.3 Å². The highest BCUT2D eigenvalue weighted by Gasteiger charge is 2.30. The molecule has 0 spiro atoms. The van der Waals surface area contributed by atoms with Gasteiger partial charge in [0.05, 0.1) is 6.54 Å². The van der Waals surface area contributed by atoms with Gasteiger partial charge in [0.1, 0.15) is 12.1 Å². The van der Waals surface area contributed by atoms with Crippen LogP contribution in [-0.2, 0) is 0 Å². The first-order chi connectivity index (χ1) is 8.42. The lowest BCUT2D eigenvalue weighted by atomic mass is 10.2. The summed E-state index contributed by atoms with van der Waals surface area (Å²) in [6.45, 7) is 4.01. The van der Waals surface area contributed by atoms with Crippen molar-refractivity contribution in [3.8, 4) is 0 Å². The average Bonchev–Trinajstić information content (AvgIpc) is 2.62. The van der Waals surface area contributed by atoms with Crippen molar-refractivity contribution in [1.29, 1.82) is 0 Å². The molecule has 2 heterocycles. The molecule has 6 heteroatoms. The minimum Gasteiger partial charge on any atom is -0.366 e. The molecular formula is C12H18F2N4. The topological polar surface area (TPSA) is 41.0 Å². The zero-order chi connectivity index (χ0) is 13.2. The van der Waals surface area contributed by atoms with Gasteiger partial charge in [-0.1, -0.05) is 0 Å². The normalized spacial score (nSPS) is 21.2. The molecule has 18 heavy (non-hydrogen) atoms. The summed E-state index contributed by atoms with van der Waals surface area (Å²) in [6, 6.07) is 2.04. The fraction of sp³-hybridized carbons (Fsp3) is 0.667. The van der Waals surface area contributed by atoms with Crippen LogP contribution in [0.15, 0.2) is 12.4 Å². The Bertz CT molecular complexity index is 405. The highest BCUT2D eigenvalue weighted by atomic mass is 19.3. The Morgan fingerprint density at radius 2 is 2.28 bits per heavy atom. The molecule has 0 bridgehead atoms. The fourth-order valence-electron chi connectivity index (χ4n) is 2.23. The van der Waals surface area contributed by atoms with Gasteiger partial charge in [0.15, 0.2) is 0 Å². The summed E-state index contributed by atoms with van der Waals surface area (Å²) >= 11 is 0. The SMILES string of the molecule is Cc1cc(NC2CCN(CC(C)(F)F)C2)ncn1. The minimum absolute atomic E-state index is 0.173. The summed E-state index contributed by atoms with van der Waals surface area (Å²) in [6.07, 6.45) is 2.36. The zero-order valence-electron chi connectivity index (χ0n) is 10.7. The van der Waals surface area contributed by atoms with E-state index in [-0.39, 0.29) is 12.6 Å². The maximum absolute atomic E-state index is 12.9. The molecule has 0 radical (unpaired) electrons. The number of anilines is 1. The van der Waals surface area contributed by atoms with Crippen LogP contribution in [0.4, 0.5) is 14.6 Å². The van der Waals surface area contributed by atoms with E-state index in [1.165, 1.54) is 6.33 Å². The van der Waals surface area contributed by atoms with Crippen molar-refractivity contribution in [2.24, 2.45) is 0 Å². The molecule has 4 nitrogen and oxygen atoms in total. The first-order valence-corrected chi connectivity index (χ1v) is 6.08. The van der Waals surface area contributed by atoms with Crippen molar-refractivity contribution in [2.75, 3.05) is 25.0 Å². The Hall–Kier alpha value is -1.30. The van der Waals surface area contributed by atoms with Gasteiger partial charge in [0.25, 0.3) is 5.92 Å². The van der Waals surface area contributed by atoms with Crippen LogP contribution < -0.4 is 5.32 Å². The number of hydrogen-bond acceptors (Lipinski definition) is 4. The Labute approximate surface area is 105 Å². The predicted molar refractivity (Wildman–Crippen MR) is 65.9 cm³/mol. The maximum atomic E-state index is 12.9. The summed E-state index contributed by atoms with van der Waals surface area (Å²) < 4.78 is 25.8. The van der Waals surface area contributed by atoms with Crippen molar-refractivity contribution >= 4 is 5.82 Å². The van der Waals surface area contributed by atoms with E-state index in [1.807, 2.05) is 13.0 Å². The van der Waals surface area contributed by atoms with Gasteiger partial charge >= 0.3 is 0 Å². The van der Waals surface area contributed by atoms with Gasteiger partial charge in [-0.2, -0.15) is 0 Å². The lowest BCUT2D eigenvalue weighted by molar-refractivity contribution is -0.00868. The number of aromatic nitrogens is 2. The summed E-state index contributed by atoms with van der Waals surface area (Å²) in [7, 11) is 0. The molecule has 1 aromatic rings. The number of nitrogens with zero attached hydrogens (tertiary/aromatic N) is 3. The van der Waals surface area contributed by atoms with Crippen LogP contribution in [0, 0.1) is 6.92 Å². The second kappa shape index (κ2) is 5.14. The van der Waals surface area contributed by atoms with E-state index >= 15 is 0 Å². The second-order valence-corrected chi connectivity index (χ2v) is 4.98. The molecule has 1 N–H and O–H groups in total. The van der Waals surface area contributed by atoms with E-state index in [1.54, 1.807) is 4.90 Å². The van der Waals surface area contributed by atoms with Gasteiger partial charge in [0.2, 0.25) is 0 Å². The number of halogens is 2. The number of nitrogens with one attached hydrogen (secondary N) is 1. The van der Waals surface area contributed by atoms with Gasteiger partial charge in [-0.25, -0.2) is 18.7 Å². The van der Waals surface area contributed by atoms with E-state index in [0.717, 1.165) is 24.9 Å². The van der Waals surface area contributed by atoms with E-state index in [4.69, 9.17) is 0 Å². The molecule has 1 aliphatic rings. The Morgan fingerprint density at radius 3 is 2.94 bits per heavy atom. The lowest BCUT2D eigenvalue weighted by Crippen LogP contribution is -2.35. The number of hydrogen-bond donors (Lipinski definition) is 1. The molecule has 0 amide bonds. The van der Waals surface area contributed by atoms with Crippen LogP contribution in [0.2, 0.25) is 0 Å². The molecule has 1 atom stereocenters. The van der Waals surface area contributed by atoms with E-state index in [2.05, 4.69) is 15.3 Å². The minimum atomic E-state index is -2.62. The smallest absolute Gasteiger partial charge is 0.257 e. The zero-order valence-corrected chi connectivity index (χ0v) is 10.7. The monoisotopic (exact) mass is 256 g/mol. The number of rotatable bonds is 4. The summed E-state index contributed by atoms with van der Waals surface area (Å²) in [5, 5.41) is 3.26. The lowest BCUT2D eigenvalue weighted by Gasteiger charge is -2.20. The second-order valence-electron chi connectivity index (χ2n) is 4.98. The molecule has 1 aromatic heterocycles. The quantitative estimate of drug-likeness (QED) is 0.893. The van der Waals surface area contributed by atoms with Crippen LogP contribution in [0.1, 0.15) is 19.0 Å². The molecule has 2 rings (SSSR count). The number of aryl methyl sites for hydroxylation is 1. The third-order valence-corrected chi connectivity index (χ3v) is 2.93. The third-order valence-electron chi connectivity index (χ3n) is 2.93. The van der Waals surface area contributed by atoms with Crippen molar-refractivity contribution in [3.05, 3.63) is 18.1 Å². The first kappa shape index (κ1) is 13.1. The van der Waals surface area contributed by atoms with Crippen LogP contribution in [-0.4, -0.2) is 46.5 Å². The predicted octanol–water partition coefficient (Wildman–Crippen LogP) is 1.93. The fourth-order valence-corrected chi connectivity index (χ4v) is 2.23. The van der Waals surface area contributed by atoms with Crippen LogP contribution in [0.5, 0.6) is 0 Å². The van der Waals surface area contributed by atoms with Gasteiger partial charge < -0.3 is 5.32 Å². The van der Waals surface area contributed by atoms with Crippen LogP contribution >= 0.6 is 0 Å². The molecule has 100 valence electrons. The van der Waals surface area contributed by atoms with Crippen LogP contribution in [0.25, 0.3) is 0 Å². The van der Waals surface area contributed by atoms with E-state index in [9.17, 15) is 8.78 Å². The highest BCUT2D eigenvalue weighted by molar-refractivity contribution is 5.36. The van der Waals surface area contributed by atoms with Gasteiger partial charge in [-0.15, -0.1) is 0 Å². The Morgan fingerprint density at radius 1 is 1.50 bits per heavy atom. The maximum Gasteiger partial charge on any atom is 0.257 e. The Kier molecular flexibility index (Phi) is 3.75. The standard InChI is InChI=1S/C12H18F2N4/c1-9-5-11(16-8-15-9)17-10-3-4-18(6-10)7-12(2,13)14/h5,8,10H,3-4,6-7H2,1-2H3,(H,15,16,17). The molecule has 1 saturated heterocycles. The summed E-state index contributed by atoms with van der Waals surface area (Å²) in [5.74, 6) is -1.86. The Balaban J connectivity index is 1.86. The summed E-state index contributed by atoms with van der Waals surface area (Å²) in [5.41, 5.74) is 0.891. The van der Waals surface area contributed by atoms with Crippen molar-refractivity contribution in [3.63, 3.8) is 0 Å². The van der Waals surface area contributed by atoms with Crippen molar-refractivity contribution in [1.82, 2.24) is 14.9 Å². The molecule has 1 fully saturated rings. The largest absolute Gasteiger partial charge is 0.366 e. The molecule has 0 aromatic carbocycles. The van der Waals surface area contributed by atoms with Crippen molar-refractivity contribution < 1.29 is 8.78 Å². The third kappa shape index (κ3) is 3.87. The first-order valence-electron chi connectivity index (χ1n) is 6.08. The van der Waals surface area contributed by atoms with Crippen molar-refractivity contribution in [2.45, 2.75) is 32.2 Å². The molecule has 1 unspecified atom stereocenters. The summed E-state index contributed by atoms with van der Waals surface area (Å²) in [4.78, 5) is 9.91. The molecule has 0 saturated carbocycles. The molecule has 1 aliphatic heterocycles. The number of alkyl halides is 2. The average molecular weight is 256 g/mol.